The highest BCUT2D eigenvalue weighted by Crippen LogP contribution is 2.19. The first-order chi connectivity index (χ1) is 15.0. The summed E-state index contributed by atoms with van der Waals surface area (Å²) in [6.07, 6.45) is 11.1. The summed E-state index contributed by atoms with van der Waals surface area (Å²) in [4.78, 5) is 17.1. The van der Waals surface area contributed by atoms with Crippen molar-refractivity contribution in [2.24, 2.45) is 0 Å². The molecule has 6 nitrogen and oxygen atoms in total. The fourth-order valence-electron chi connectivity index (χ4n) is 3.13. The van der Waals surface area contributed by atoms with Crippen LogP contribution in [0.1, 0.15) is 85.5 Å². The Kier molecular flexibility index (Phi) is 15.2. The van der Waals surface area contributed by atoms with Crippen LogP contribution in [0.25, 0.3) is 0 Å². The van der Waals surface area contributed by atoms with Crippen LogP contribution in [0.5, 0.6) is 5.88 Å². The van der Waals surface area contributed by atoms with Gasteiger partial charge in [-0.15, -0.1) is 0 Å². The molecule has 1 rings (SSSR count). The Morgan fingerprint density at radius 1 is 1.10 bits per heavy atom. The van der Waals surface area contributed by atoms with Gasteiger partial charge in [-0.1, -0.05) is 72.6 Å². The number of nitrogens with zero attached hydrogens (tertiary/aromatic N) is 1. The maximum absolute atomic E-state index is 12.3. The van der Waals surface area contributed by atoms with E-state index >= 15 is 0 Å². The van der Waals surface area contributed by atoms with Crippen molar-refractivity contribution >= 4 is 16.8 Å². The predicted octanol–water partition coefficient (Wildman–Crippen LogP) is 5.03. The molecule has 1 aromatic heterocycles. The molecule has 2 unspecified atom stereocenters. The first-order valence-corrected chi connectivity index (χ1v) is 13.2. The zero-order valence-electron chi connectivity index (χ0n) is 19.9. The SMILES string of the molecule is CCCCCCCCCCC(=O)OC(CNC(C)C)COc1ncccc1S(=O)CC. The minimum absolute atomic E-state index is 0.174. The largest absolute Gasteiger partial charge is 0.473 e. The third-order valence-corrected chi connectivity index (χ3v) is 6.26. The van der Waals surface area contributed by atoms with Crippen molar-refractivity contribution in [1.82, 2.24) is 10.3 Å². The molecule has 0 saturated heterocycles. The summed E-state index contributed by atoms with van der Waals surface area (Å²) in [5.74, 6) is 0.647. The molecule has 2 atom stereocenters. The standard InChI is InChI=1S/C24H42N2O4S/c1-5-7-8-9-10-11-12-13-16-23(27)30-21(18-26-20(3)4)19-29-24-22(31(28)6-2)15-14-17-25-24/h14-15,17,20-21,26H,5-13,16,18-19H2,1-4H3. The van der Waals surface area contributed by atoms with Crippen LogP contribution in [-0.4, -0.2) is 46.2 Å². The quantitative estimate of drug-likeness (QED) is 0.248. The molecule has 0 aromatic carbocycles. The lowest BCUT2D eigenvalue weighted by Crippen LogP contribution is -2.38. The molecule has 1 heterocycles. The summed E-state index contributed by atoms with van der Waals surface area (Å²) >= 11 is 0. The molecule has 1 N–H and O–H groups in total. The van der Waals surface area contributed by atoms with Crippen molar-refractivity contribution in [2.75, 3.05) is 18.9 Å². The Balaban J connectivity index is 2.46. The number of esters is 1. The van der Waals surface area contributed by atoms with E-state index in [0.717, 1.165) is 12.8 Å². The van der Waals surface area contributed by atoms with Crippen molar-refractivity contribution in [3.8, 4) is 5.88 Å². The second-order valence-corrected chi connectivity index (χ2v) is 9.86. The molecule has 0 aliphatic carbocycles. The average Bonchev–Trinajstić information content (AvgIpc) is 2.77. The summed E-state index contributed by atoms with van der Waals surface area (Å²) in [5, 5.41) is 3.30. The molecule has 0 amide bonds. The minimum atomic E-state index is -1.16. The Bertz CT molecular complexity index is 640. The van der Waals surface area contributed by atoms with Crippen LogP contribution in [0.15, 0.2) is 23.2 Å². The Morgan fingerprint density at radius 3 is 2.42 bits per heavy atom. The van der Waals surface area contributed by atoms with Crippen LogP contribution in [0.2, 0.25) is 0 Å². The van der Waals surface area contributed by atoms with Crippen molar-refractivity contribution in [2.45, 2.75) is 103 Å². The number of pyridine rings is 1. The molecule has 1 aromatic rings. The fourth-order valence-corrected chi connectivity index (χ4v) is 3.98. The van der Waals surface area contributed by atoms with Crippen molar-refractivity contribution in [1.29, 1.82) is 0 Å². The number of hydrogen-bond acceptors (Lipinski definition) is 6. The van der Waals surface area contributed by atoms with Gasteiger partial charge in [0.15, 0.2) is 0 Å². The van der Waals surface area contributed by atoms with Crippen LogP contribution in [0, 0.1) is 0 Å². The highest BCUT2D eigenvalue weighted by Gasteiger charge is 2.18. The zero-order chi connectivity index (χ0) is 22.9. The Labute approximate surface area is 191 Å². The van der Waals surface area contributed by atoms with Gasteiger partial charge < -0.3 is 14.8 Å². The molecule has 0 saturated carbocycles. The molecule has 0 spiro atoms. The molecule has 0 aliphatic rings. The van der Waals surface area contributed by atoms with E-state index < -0.39 is 16.9 Å². The van der Waals surface area contributed by atoms with Crippen LogP contribution in [0.4, 0.5) is 0 Å². The van der Waals surface area contributed by atoms with Crippen molar-refractivity contribution in [3.63, 3.8) is 0 Å². The van der Waals surface area contributed by atoms with Crippen LogP contribution >= 0.6 is 0 Å². The second kappa shape index (κ2) is 17.1. The van der Waals surface area contributed by atoms with Gasteiger partial charge in [0, 0.05) is 31.0 Å². The minimum Gasteiger partial charge on any atom is -0.473 e. The van der Waals surface area contributed by atoms with E-state index in [2.05, 4.69) is 17.2 Å². The van der Waals surface area contributed by atoms with Gasteiger partial charge in [-0.05, 0) is 18.6 Å². The van der Waals surface area contributed by atoms with E-state index in [0.29, 0.717) is 29.5 Å². The molecule has 0 bridgehead atoms. The van der Waals surface area contributed by atoms with E-state index in [1.165, 1.54) is 38.5 Å². The van der Waals surface area contributed by atoms with Crippen LogP contribution < -0.4 is 10.1 Å². The van der Waals surface area contributed by atoms with Crippen LogP contribution in [-0.2, 0) is 20.3 Å². The van der Waals surface area contributed by atoms with Gasteiger partial charge in [-0.25, -0.2) is 4.98 Å². The molecular formula is C24H42N2O4S. The summed E-state index contributed by atoms with van der Waals surface area (Å²) in [5.41, 5.74) is 0. The molecule has 178 valence electrons. The highest BCUT2D eigenvalue weighted by molar-refractivity contribution is 7.85. The molecule has 31 heavy (non-hydrogen) atoms. The van der Waals surface area contributed by atoms with E-state index in [1.54, 1.807) is 18.3 Å². The molecule has 7 heteroatoms. The monoisotopic (exact) mass is 454 g/mol. The molecule has 0 fully saturated rings. The maximum atomic E-state index is 12.3. The first kappa shape index (κ1) is 27.6. The lowest BCUT2D eigenvalue weighted by Gasteiger charge is -2.20. The number of aromatic nitrogens is 1. The number of rotatable bonds is 18. The number of carbonyl (C=O) groups is 1. The number of hydrogen-bond donors (Lipinski definition) is 1. The number of nitrogens with one attached hydrogen (secondary N) is 1. The summed E-state index contributed by atoms with van der Waals surface area (Å²) < 4.78 is 23.7. The number of carbonyl (C=O) groups excluding carboxylic acids is 1. The summed E-state index contributed by atoms with van der Waals surface area (Å²) in [6.45, 7) is 8.84. The van der Waals surface area contributed by atoms with Gasteiger partial charge >= 0.3 is 5.97 Å². The lowest BCUT2D eigenvalue weighted by molar-refractivity contribution is -0.150. The van der Waals surface area contributed by atoms with E-state index in [9.17, 15) is 9.00 Å². The maximum Gasteiger partial charge on any atom is 0.306 e. The van der Waals surface area contributed by atoms with E-state index in [1.807, 2.05) is 20.8 Å². The third kappa shape index (κ3) is 12.9. The topological polar surface area (TPSA) is 77.5 Å². The Hall–Kier alpha value is -1.47. The van der Waals surface area contributed by atoms with E-state index in [4.69, 9.17) is 9.47 Å². The lowest BCUT2D eigenvalue weighted by atomic mass is 10.1. The summed E-state index contributed by atoms with van der Waals surface area (Å²) in [7, 11) is -1.16. The molecular weight excluding hydrogens is 412 g/mol. The highest BCUT2D eigenvalue weighted by atomic mass is 32.2. The number of unbranched alkanes of at least 4 members (excludes halogenated alkanes) is 7. The summed E-state index contributed by atoms with van der Waals surface area (Å²) in [6, 6.07) is 3.78. The van der Waals surface area contributed by atoms with Gasteiger partial charge in [0.05, 0.1) is 10.8 Å². The average molecular weight is 455 g/mol. The van der Waals surface area contributed by atoms with E-state index in [-0.39, 0.29) is 18.6 Å². The van der Waals surface area contributed by atoms with Gasteiger partial charge in [0.25, 0.3) is 0 Å². The van der Waals surface area contributed by atoms with Gasteiger partial charge in [0.1, 0.15) is 17.6 Å². The first-order valence-electron chi connectivity index (χ1n) is 11.9. The van der Waals surface area contributed by atoms with Gasteiger partial charge in [-0.3, -0.25) is 9.00 Å². The zero-order valence-corrected chi connectivity index (χ0v) is 20.7. The molecule has 0 aliphatic heterocycles. The van der Waals surface area contributed by atoms with Crippen molar-refractivity contribution < 1.29 is 18.5 Å². The fraction of sp³-hybridized carbons (Fsp3) is 0.750. The Morgan fingerprint density at radius 2 is 1.77 bits per heavy atom. The second-order valence-electron chi connectivity index (χ2n) is 8.15. The predicted molar refractivity (Wildman–Crippen MR) is 127 cm³/mol. The van der Waals surface area contributed by atoms with Crippen molar-refractivity contribution in [3.05, 3.63) is 18.3 Å². The van der Waals surface area contributed by atoms with Gasteiger partial charge in [-0.2, -0.15) is 0 Å². The smallest absolute Gasteiger partial charge is 0.306 e. The normalized spacial score (nSPS) is 13.2. The van der Waals surface area contributed by atoms with Crippen LogP contribution in [0.3, 0.4) is 0 Å². The molecule has 0 radical (unpaired) electrons. The van der Waals surface area contributed by atoms with Gasteiger partial charge in [0.2, 0.25) is 5.88 Å². The third-order valence-electron chi connectivity index (χ3n) is 4.94. The number of ether oxygens (including phenoxy) is 2.